The summed E-state index contributed by atoms with van der Waals surface area (Å²) in [5, 5.41) is 1.88. The highest BCUT2D eigenvalue weighted by Gasteiger charge is 2.08. The van der Waals surface area contributed by atoms with E-state index < -0.39 is 0 Å². The highest BCUT2D eigenvalue weighted by atomic mass is 32.1. The van der Waals surface area contributed by atoms with E-state index in [2.05, 4.69) is 11.8 Å². The van der Waals surface area contributed by atoms with Gasteiger partial charge in [0.2, 0.25) is 0 Å². The molecule has 0 saturated heterocycles. The van der Waals surface area contributed by atoms with Crippen LogP contribution in [0.1, 0.15) is 10.4 Å². The summed E-state index contributed by atoms with van der Waals surface area (Å²) in [5.74, 6) is 5.71. The van der Waals surface area contributed by atoms with Crippen LogP contribution in [0.4, 0.5) is 0 Å². The number of hydrogen-bond acceptors (Lipinski definition) is 4. The Morgan fingerprint density at radius 3 is 2.89 bits per heavy atom. The lowest BCUT2D eigenvalue weighted by Gasteiger charge is -2.05. The quantitative estimate of drug-likeness (QED) is 0.782. The fourth-order valence-electron chi connectivity index (χ4n) is 1.62. The van der Waals surface area contributed by atoms with E-state index >= 15 is 0 Å². The number of aryl methyl sites for hydroxylation is 1. The summed E-state index contributed by atoms with van der Waals surface area (Å²) < 4.78 is 2.57. The maximum Gasteiger partial charge on any atom is 0.331 e. The molecule has 5 nitrogen and oxygen atoms in total. The van der Waals surface area contributed by atoms with Crippen LogP contribution in [0.3, 0.4) is 0 Å². The molecule has 0 fully saturated rings. The maximum absolute atomic E-state index is 11.9. The van der Waals surface area contributed by atoms with Crippen molar-refractivity contribution in [3.63, 3.8) is 0 Å². The second-order valence-corrected chi connectivity index (χ2v) is 4.90. The molecule has 0 aromatic carbocycles. The SMILES string of the molecule is Cn1ccc(=O)n(Cc2sccc2C#CCN)c1=O. The number of aromatic nitrogens is 2. The Kier molecular flexibility index (Phi) is 4.00. The van der Waals surface area contributed by atoms with Crippen molar-refractivity contribution >= 4 is 11.3 Å². The van der Waals surface area contributed by atoms with Crippen molar-refractivity contribution in [2.24, 2.45) is 12.8 Å². The average Bonchev–Trinajstić information content (AvgIpc) is 2.84. The van der Waals surface area contributed by atoms with Crippen molar-refractivity contribution in [1.82, 2.24) is 9.13 Å². The van der Waals surface area contributed by atoms with Crippen molar-refractivity contribution < 1.29 is 0 Å². The predicted octanol–water partition coefficient (Wildman–Crippen LogP) is -0.0330. The lowest BCUT2D eigenvalue weighted by atomic mass is 10.2. The minimum Gasteiger partial charge on any atom is -0.320 e. The molecule has 0 unspecified atom stereocenters. The van der Waals surface area contributed by atoms with Gasteiger partial charge in [0.1, 0.15) is 0 Å². The van der Waals surface area contributed by atoms with Gasteiger partial charge in [-0.2, -0.15) is 0 Å². The predicted molar refractivity (Wildman–Crippen MR) is 75.3 cm³/mol. The van der Waals surface area contributed by atoms with Gasteiger partial charge in [0.25, 0.3) is 5.56 Å². The first kappa shape index (κ1) is 13.3. The Balaban J connectivity index is 2.43. The molecule has 0 radical (unpaired) electrons. The first-order valence-electron chi connectivity index (χ1n) is 5.65. The summed E-state index contributed by atoms with van der Waals surface area (Å²) in [6, 6.07) is 3.24. The van der Waals surface area contributed by atoms with Crippen molar-refractivity contribution in [2.45, 2.75) is 6.54 Å². The van der Waals surface area contributed by atoms with Gasteiger partial charge in [0.05, 0.1) is 13.1 Å². The van der Waals surface area contributed by atoms with Gasteiger partial charge in [-0.3, -0.25) is 9.36 Å². The normalized spacial score (nSPS) is 10.0. The summed E-state index contributed by atoms with van der Waals surface area (Å²) in [6.07, 6.45) is 1.46. The van der Waals surface area contributed by atoms with Crippen molar-refractivity contribution in [2.75, 3.05) is 6.54 Å². The van der Waals surface area contributed by atoms with Gasteiger partial charge in [0, 0.05) is 29.8 Å². The van der Waals surface area contributed by atoms with Crippen LogP contribution in [0.25, 0.3) is 0 Å². The number of nitrogens with two attached hydrogens (primary N) is 1. The summed E-state index contributed by atoms with van der Waals surface area (Å²) >= 11 is 1.47. The van der Waals surface area contributed by atoms with E-state index in [9.17, 15) is 9.59 Å². The highest BCUT2D eigenvalue weighted by Crippen LogP contribution is 2.16. The number of thiophene rings is 1. The third-order valence-electron chi connectivity index (χ3n) is 2.61. The van der Waals surface area contributed by atoms with Crippen molar-refractivity contribution in [3.8, 4) is 11.8 Å². The minimum atomic E-state index is -0.335. The molecule has 2 aromatic heterocycles. The van der Waals surface area contributed by atoms with Gasteiger partial charge >= 0.3 is 5.69 Å². The molecule has 6 heteroatoms. The molecule has 0 spiro atoms. The van der Waals surface area contributed by atoms with Gasteiger partial charge in [-0.25, -0.2) is 4.79 Å². The zero-order chi connectivity index (χ0) is 13.8. The number of nitrogens with zero attached hydrogens (tertiary/aromatic N) is 2. The van der Waals surface area contributed by atoms with E-state index in [0.29, 0.717) is 0 Å². The zero-order valence-electron chi connectivity index (χ0n) is 10.4. The average molecular weight is 275 g/mol. The fraction of sp³-hybridized carbons (Fsp3) is 0.231. The summed E-state index contributed by atoms with van der Waals surface area (Å²) in [4.78, 5) is 24.5. The van der Waals surface area contributed by atoms with Crippen molar-refractivity contribution in [3.05, 3.63) is 55.0 Å². The minimum absolute atomic E-state index is 0.235. The number of hydrogen-bond donors (Lipinski definition) is 1. The molecule has 2 heterocycles. The van der Waals surface area contributed by atoms with E-state index in [1.807, 2.05) is 11.4 Å². The smallest absolute Gasteiger partial charge is 0.320 e. The summed E-state index contributed by atoms with van der Waals surface area (Å²) in [5.41, 5.74) is 5.50. The molecular weight excluding hydrogens is 262 g/mol. The first-order valence-corrected chi connectivity index (χ1v) is 6.53. The van der Waals surface area contributed by atoms with E-state index in [1.54, 1.807) is 7.05 Å². The van der Waals surface area contributed by atoms with Crippen LogP contribution in [0.5, 0.6) is 0 Å². The molecular formula is C13H13N3O2S. The zero-order valence-corrected chi connectivity index (χ0v) is 11.2. The van der Waals surface area contributed by atoms with E-state index in [1.165, 1.54) is 32.7 Å². The molecule has 0 atom stereocenters. The van der Waals surface area contributed by atoms with Gasteiger partial charge in [-0.1, -0.05) is 11.8 Å². The first-order chi connectivity index (χ1) is 9.13. The molecule has 0 amide bonds. The number of rotatable bonds is 2. The molecule has 19 heavy (non-hydrogen) atoms. The van der Waals surface area contributed by atoms with Crippen LogP contribution in [0.15, 0.2) is 33.3 Å². The Bertz CT molecular complexity index is 758. The van der Waals surface area contributed by atoms with Gasteiger partial charge < -0.3 is 10.3 Å². The third kappa shape index (κ3) is 2.84. The van der Waals surface area contributed by atoms with E-state index in [4.69, 9.17) is 5.73 Å². The lowest BCUT2D eigenvalue weighted by Crippen LogP contribution is -2.38. The summed E-state index contributed by atoms with van der Waals surface area (Å²) in [7, 11) is 1.61. The standard InChI is InChI=1S/C13H13N3O2S/c1-15-7-4-12(17)16(13(15)18)9-11-10(3-2-6-14)5-8-19-11/h4-5,7-8H,6,9,14H2,1H3. The van der Waals surface area contributed by atoms with Crippen LogP contribution in [-0.4, -0.2) is 15.7 Å². The fourth-order valence-corrected chi connectivity index (χ4v) is 2.44. The van der Waals surface area contributed by atoms with Gasteiger partial charge in [-0.15, -0.1) is 11.3 Å². The largest absolute Gasteiger partial charge is 0.331 e. The van der Waals surface area contributed by atoms with E-state index in [0.717, 1.165) is 10.4 Å². The molecule has 2 N–H and O–H groups in total. The third-order valence-corrected chi connectivity index (χ3v) is 3.52. The van der Waals surface area contributed by atoms with Gasteiger partial charge in [-0.05, 0) is 11.4 Å². The molecule has 0 saturated carbocycles. The molecule has 0 bridgehead atoms. The molecule has 2 rings (SSSR count). The Morgan fingerprint density at radius 1 is 1.37 bits per heavy atom. The lowest BCUT2D eigenvalue weighted by molar-refractivity contribution is 0.644. The molecule has 2 aromatic rings. The Morgan fingerprint density at radius 2 is 2.16 bits per heavy atom. The summed E-state index contributed by atoms with van der Waals surface area (Å²) in [6.45, 7) is 0.515. The molecule has 0 aliphatic rings. The van der Waals surface area contributed by atoms with E-state index in [-0.39, 0.29) is 24.3 Å². The second kappa shape index (κ2) is 5.69. The van der Waals surface area contributed by atoms with Crippen LogP contribution in [-0.2, 0) is 13.6 Å². The second-order valence-electron chi connectivity index (χ2n) is 3.90. The molecule has 98 valence electrons. The van der Waals surface area contributed by atoms with Crippen LogP contribution in [0.2, 0.25) is 0 Å². The topological polar surface area (TPSA) is 70.0 Å². The van der Waals surface area contributed by atoms with Crippen LogP contribution >= 0.6 is 11.3 Å². The Hall–Kier alpha value is -2.10. The van der Waals surface area contributed by atoms with Crippen molar-refractivity contribution in [1.29, 1.82) is 0 Å². The van der Waals surface area contributed by atoms with Gasteiger partial charge in [0.15, 0.2) is 0 Å². The monoisotopic (exact) mass is 275 g/mol. The maximum atomic E-state index is 11.9. The molecule has 0 aliphatic heterocycles. The van der Waals surface area contributed by atoms with Crippen LogP contribution in [0, 0.1) is 11.8 Å². The Labute approximate surface area is 113 Å². The molecule has 0 aliphatic carbocycles. The highest BCUT2D eigenvalue weighted by molar-refractivity contribution is 7.10. The van der Waals surface area contributed by atoms with Crippen LogP contribution < -0.4 is 17.0 Å².